The van der Waals surface area contributed by atoms with Crippen LogP contribution in [0.25, 0.3) is 21.5 Å². The molecule has 7 rings (SSSR count). The Hall–Kier alpha value is -5.06. The molecule has 2 unspecified atom stereocenters. The minimum absolute atomic E-state index is 0.132. The highest BCUT2D eigenvalue weighted by atomic mass is 32.2. The first-order chi connectivity index (χ1) is 25.1. The fraction of sp³-hybridized carbons (Fsp3) is 0.238. The van der Waals surface area contributed by atoms with Gasteiger partial charge in [0, 0.05) is 28.1 Å². The highest BCUT2D eigenvalue weighted by Crippen LogP contribution is 2.30. The zero-order chi connectivity index (χ0) is 36.7. The van der Waals surface area contributed by atoms with Crippen LogP contribution in [0.5, 0.6) is 0 Å². The SMILES string of the molecule is CC1CCC(C)N1C(=O)c1cccc(CS(=O)(=O)c2cccc3ccccc23)n1.CCOC(=O)c1cccc(CSc2cccc3ccccc23)n1. The maximum Gasteiger partial charge on any atom is 0.356 e. The Labute approximate surface area is 309 Å². The molecule has 1 amide bonds. The number of carbonyl (C=O) groups excluding carboxylic acids is 2. The first-order valence-corrected chi connectivity index (χ1v) is 20.0. The molecule has 8 nitrogen and oxygen atoms in total. The van der Waals surface area contributed by atoms with Crippen molar-refractivity contribution >= 4 is 55.0 Å². The molecule has 10 heteroatoms. The predicted molar refractivity (Wildman–Crippen MR) is 207 cm³/mol. The second kappa shape index (κ2) is 16.5. The number of hydrogen-bond acceptors (Lipinski definition) is 8. The molecule has 0 N–H and O–H groups in total. The van der Waals surface area contributed by atoms with Gasteiger partial charge >= 0.3 is 5.97 Å². The number of nitrogens with zero attached hydrogens (tertiary/aromatic N) is 3. The van der Waals surface area contributed by atoms with E-state index in [0.717, 1.165) is 23.9 Å². The molecule has 0 bridgehead atoms. The normalized spacial score (nSPS) is 15.6. The van der Waals surface area contributed by atoms with Crippen molar-refractivity contribution in [2.24, 2.45) is 0 Å². The van der Waals surface area contributed by atoms with Gasteiger partial charge in [-0.2, -0.15) is 0 Å². The van der Waals surface area contributed by atoms with Gasteiger partial charge in [0.05, 0.1) is 28.6 Å². The number of rotatable bonds is 9. The molecule has 6 aromatic rings. The minimum atomic E-state index is -3.61. The van der Waals surface area contributed by atoms with Crippen molar-refractivity contribution in [3.05, 3.63) is 144 Å². The summed E-state index contributed by atoms with van der Waals surface area (Å²) in [5, 5.41) is 4.04. The van der Waals surface area contributed by atoms with Gasteiger partial charge in [0.2, 0.25) is 0 Å². The average Bonchev–Trinajstić information content (AvgIpc) is 3.50. The Morgan fingerprint density at radius 3 is 1.98 bits per heavy atom. The van der Waals surface area contributed by atoms with Crippen LogP contribution >= 0.6 is 11.8 Å². The molecule has 2 atom stereocenters. The fourth-order valence-corrected chi connectivity index (χ4v) is 8.99. The lowest BCUT2D eigenvalue weighted by molar-refractivity contribution is 0.0518. The Bertz CT molecular complexity index is 2310. The van der Waals surface area contributed by atoms with E-state index >= 15 is 0 Å². The van der Waals surface area contributed by atoms with Gasteiger partial charge in [-0.05, 0) is 86.2 Å². The fourth-order valence-electron chi connectivity index (χ4n) is 6.50. The summed E-state index contributed by atoms with van der Waals surface area (Å²) in [5.74, 6) is -0.0366. The topological polar surface area (TPSA) is 107 Å². The van der Waals surface area contributed by atoms with Crippen molar-refractivity contribution in [2.45, 2.75) is 67.0 Å². The van der Waals surface area contributed by atoms with Crippen LogP contribution in [0, 0.1) is 0 Å². The molecule has 1 aliphatic rings. The van der Waals surface area contributed by atoms with Crippen molar-refractivity contribution in [3.63, 3.8) is 0 Å². The maximum absolute atomic E-state index is 13.1. The summed E-state index contributed by atoms with van der Waals surface area (Å²) in [7, 11) is -3.61. The Balaban J connectivity index is 0.000000183. The van der Waals surface area contributed by atoms with E-state index in [1.165, 1.54) is 15.7 Å². The van der Waals surface area contributed by atoms with E-state index in [-0.39, 0.29) is 34.6 Å². The summed E-state index contributed by atoms with van der Waals surface area (Å²) in [6.07, 6.45) is 1.95. The third kappa shape index (κ3) is 8.52. The van der Waals surface area contributed by atoms with E-state index < -0.39 is 9.84 Å². The molecule has 1 aliphatic heterocycles. The van der Waals surface area contributed by atoms with Gasteiger partial charge in [0.1, 0.15) is 11.4 Å². The molecule has 3 heterocycles. The highest BCUT2D eigenvalue weighted by molar-refractivity contribution is 7.98. The van der Waals surface area contributed by atoms with E-state index in [2.05, 4.69) is 40.3 Å². The number of sulfone groups is 1. The predicted octanol–water partition coefficient (Wildman–Crippen LogP) is 8.93. The third-order valence-electron chi connectivity index (χ3n) is 9.05. The largest absolute Gasteiger partial charge is 0.461 e. The van der Waals surface area contributed by atoms with E-state index in [4.69, 9.17) is 4.74 Å². The standard InChI is InChI=1S/C23H24N2O3S.C19H17NO2S/c1-16-13-14-17(2)25(16)23(26)21-11-6-9-19(24-21)15-29(27,28)22-12-5-8-18-7-3-4-10-20(18)22;1-2-22-19(21)17-11-6-9-15(20-17)13-23-18-12-5-8-14-7-3-4-10-16(14)18/h3-12,16-17H,13-15H2,1-2H3;3-12H,2,13H2,1H3. The third-order valence-corrected chi connectivity index (χ3v) is 11.9. The van der Waals surface area contributed by atoms with Crippen LogP contribution in [0.15, 0.2) is 131 Å². The summed E-state index contributed by atoms with van der Waals surface area (Å²) in [4.78, 5) is 36.9. The molecule has 52 heavy (non-hydrogen) atoms. The molecular formula is C42H41N3O5S2. The minimum Gasteiger partial charge on any atom is -0.461 e. The van der Waals surface area contributed by atoms with Gasteiger partial charge in [-0.1, -0.05) is 84.9 Å². The summed E-state index contributed by atoms with van der Waals surface area (Å²) in [5.41, 5.74) is 1.91. The monoisotopic (exact) mass is 731 g/mol. The molecule has 4 aromatic carbocycles. The smallest absolute Gasteiger partial charge is 0.356 e. The molecule has 1 saturated heterocycles. The van der Waals surface area contributed by atoms with E-state index in [0.29, 0.717) is 34.8 Å². The average molecular weight is 732 g/mol. The quantitative estimate of drug-likeness (QED) is 0.107. The van der Waals surface area contributed by atoms with Gasteiger partial charge < -0.3 is 9.64 Å². The van der Waals surface area contributed by atoms with Crippen LogP contribution in [0.4, 0.5) is 0 Å². The van der Waals surface area contributed by atoms with Crippen LogP contribution in [0.3, 0.4) is 0 Å². The van der Waals surface area contributed by atoms with E-state index in [1.54, 1.807) is 55.1 Å². The number of carbonyl (C=O) groups is 2. The van der Waals surface area contributed by atoms with Gasteiger partial charge in [-0.3, -0.25) is 4.79 Å². The number of ether oxygens (including phenoxy) is 1. The van der Waals surface area contributed by atoms with Crippen molar-refractivity contribution in [2.75, 3.05) is 6.61 Å². The van der Waals surface area contributed by atoms with Crippen molar-refractivity contribution < 1.29 is 22.7 Å². The van der Waals surface area contributed by atoms with Gasteiger partial charge in [-0.15, -0.1) is 11.8 Å². The molecule has 1 fully saturated rings. The first-order valence-electron chi connectivity index (χ1n) is 17.4. The molecule has 0 radical (unpaired) electrons. The molecule has 0 aliphatic carbocycles. The van der Waals surface area contributed by atoms with E-state index in [1.807, 2.05) is 73.3 Å². The van der Waals surface area contributed by atoms with Crippen molar-refractivity contribution in [1.82, 2.24) is 14.9 Å². The molecule has 266 valence electrons. The Kier molecular flexibility index (Phi) is 11.7. The van der Waals surface area contributed by atoms with Crippen LogP contribution in [-0.2, 0) is 26.1 Å². The summed E-state index contributed by atoms with van der Waals surface area (Å²) in [6, 6.07) is 38.1. The number of aromatic nitrogens is 2. The van der Waals surface area contributed by atoms with Crippen LogP contribution in [-0.4, -0.2) is 53.9 Å². The lowest BCUT2D eigenvalue weighted by Crippen LogP contribution is -2.39. The first kappa shape index (κ1) is 36.7. The Morgan fingerprint density at radius 1 is 0.712 bits per heavy atom. The number of fused-ring (bicyclic) bond motifs is 2. The van der Waals surface area contributed by atoms with Crippen molar-refractivity contribution in [1.29, 1.82) is 0 Å². The van der Waals surface area contributed by atoms with E-state index in [9.17, 15) is 18.0 Å². The number of likely N-dealkylation sites (tertiary alicyclic amines) is 1. The number of hydrogen-bond donors (Lipinski definition) is 0. The second-order valence-electron chi connectivity index (χ2n) is 12.7. The number of pyridine rings is 2. The number of amides is 1. The number of benzene rings is 4. The zero-order valence-corrected chi connectivity index (χ0v) is 31.1. The lowest BCUT2D eigenvalue weighted by Gasteiger charge is -2.26. The van der Waals surface area contributed by atoms with Gasteiger partial charge in [0.15, 0.2) is 9.84 Å². The number of esters is 1. The zero-order valence-electron chi connectivity index (χ0n) is 29.4. The molecular weight excluding hydrogens is 691 g/mol. The van der Waals surface area contributed by atoms with Gasteiger partial charge in [-0.25, -0.2) is 23.2 Å². The lowest BCUT2D eigenvalue weighted by atomic mass is 10.1. The summed E-state index contributed by atoms with van der Waals surface area (Å²) in [6.45, 7) is 6.22. The summed E-state index contributed by atoms with van der Waals surface area (Å²) < 4.78 is 31.2. The van der Waals surface area contributed by atoms with Crippen molar-refractivity contribution in [3.8, 4) is 0 Å². The molecule has 0 spiro atoms. The summed E-state index contributed by atoms with van der Waals surface area (Å²) >= 11 is 1.72. The molecule has 0 saturated carbocycles. The van der Waals surface area contributed by atoms with Gasteiger partial charge in [0.25, 0.3) is 5.91 Å². The highest BCUT2D eigenvalue weighted by Gasteiger charge is 2.32. The van der Waals surface area contributed by atoms with Crippen LogP contribution in [0.1, 0.15) is 66.0 Å². The Morgan fingerprint density at radius 2 is 1.27 bits per heavy atom. The number of thioether (sulfide) groups is 1. The van der Waals surface area contributed by atoms with Crippen LogP contribution in [0.2, 0.25) is 0 Å². The maximum atomic E-state index is 13.1. The second-order valence-corrected chi connectivity index (χ2v) is 15.7. The molecule has 2 aromatic heterocycles. The van der Waals surface area contributed by atoms with Crippen LogP contribution < -0.4 is 0 Å².